The number of hydrogen-bond donors (Lipinski definition) is 2. The summed E-state index contributed by atoms with van der Waals surface area (Å²) in [6.07, 6.45) is 1.99. The number of carbonyl (C=O) groups excluding carboxylic acids is 1. The second-order valence-corrected chi connectivity index (χ2v) is 7.27. The van der Waals surface area contributed by atoms with Crippen molar-refractivity contribution in [3.05, 3.63) is 35.9 Å². The Bertz CT molecular complexity index is 601. The Labute approximate surface area is 168 Å². The predicted octanol–water partition coefficient (Wildman–Crippen LogP) is 1.81. The van der Waals surface area contributed by atoms with Gasteiger partial charge < -0.3 is 25.0 Å². The van der Waals surface area contributed by atoms with Gasteiger partial charge in [-0.1, -0.05) is 30.3 Å². The molecule has 7 nitrogen and oxygen atoms in total. The van der Waals surface area contributed by atoms with Crippen LogP contribution >= 0.6 is 0 Å². The zero-order valence-corrected chi connectivity index (χ0v) is 17.3. The summed E-state index contributed by atoms with van der Waals surface area (Å²) in [6.45, 7) is 5.97. The molecule has 1 aromatic carbocycles. The smallest absolute Gasteiger partial charge is 0.243 e. The number of carbonyl (C=O) groups is 1. The molecule has 0 spiro atoms. The lowest BCUT2D eigenvalue weighted by Crippen LogP contribution is -2.41. The summed E-state index contributed by atoms with van der Waals surface area (Å²) in [5, 5.41) is 6.63. The number of benzene rings is 1. The Balaban J connectivity index is 1.72. The van der Waals surface area contributed by atoms with E-state index in [-0.39, 0.29) is 18.6 Å². The molecule has 2 N–H and O–H groups in total. The second-order valence-electron chi connectivity index (χ2n) is 7.27. The van der Waals surface area contributed by atoms with Gasteiger partial charge in [-0.25, -0.2) is 4.99 Å². The number of likely N-dealkylation sites (N-methyl/N-ethyl adjacent to an activating group) is 1. The third-order valence-electron chi connectivity index (χ3n) is 4.70. The summed E-state index contributed by atoms with van der Waals surface area (Å²) >= 11 is 0. The van der Waals surface area contributed by atoms with Crippen molar-refractivity contribution >= 4 is 11.9 Å². The van der Waals surface area contributed by atoms with Gasteiger partial charge in [0.15, 0.2) is 5.96 Å². The molecule has 0 aliphatic carbocycles. The van der Waals surface area contributed by atoms with Crippen LogP contribution in [0.1, 0.15) is 31.4 Å². The Morgan fingerprint density at radius 1 is 1.32 bits per heavy atom. The van der Waals surface area contributed by atoms with Crippen molar-refractivity contribution in [1.82, 2.24) is 15.5 Å². The van der Waals surface area contributed by atoms with Crippen LogP contribution in [0.15, 0.2) is 35.3 Å². The number of aliphatic imine (C=N–C) groups is 1. The highest BCUT2D eigenvalue weighted by Gasteiger charge is 2.16. The first-order valence-corrected chi connectivity index (χ1v) is 10.0. The van der Waals surface area contributed by atoms with E-state index in [1.807, 2.05) is 18.2 Å². The quantitative estimate of drug-likeness (QED) is 0.362. The van der Waals surface area contributed by atoms with Gasteiger partial charge in [-0.3, -0.25) is 4.79 Å². The van der Waals surface area contributed by atoms with E-state index in [0.29, 0.717) is 18.5 Å². The molecule has 2 unspecified atom stereocenters. The number of hydrogen-bond acceptors (Lipinski definition) is 4. The zero-order chi connectivity index (χ0) is 20.2. The number of nitrogens with zero attached hydrogens (tertiary/aromatic N) is 2. The highest BCUT2D eigenvalue weighted by Crippen LogP contribution is 2.15. The number of ether oxygens (including phenoxy) is 2. The van der Waals surface area contributed by atoms with E-state index >= 15 is 0 Å². The molecular formula is C21H34N4O3. The summed E-state index contributed by atoms with van der Waals surface area (Å²) in [7, 11) is 3.47. The fourth-order valence-electron chi connectivity index (χ4n) is 2.81. The van der Waals surface area contributed by atoms with Gasteiger partial charge >= 0.3 is 0 Å². The Morgan fingerprint density at radius 2 is 2.11 bits per heavy atom. The number of nitrogens with one attached hydrogen (secondary N) is 2. The van der Waals surface area contributed by atoms with Crippen LogP contribution in [0, 0.1) is 5.92 Å². The normalized spacial score (nSPS) is 18.0. The van der Waals surface area contributed by atoms with E-state index in [9.17, 15) is 4.79 Å². The molecular weight excluding hydrogens is 356 g/mol. The van der Waals surface area contributed by atoms with Gasteiger partial charge in [0.05, 0.1) is 12.7 Å². The lowest BCUT2D eigenvalue weighted by molar-refractivity contribution is -0.127. The minimum Gasteiger partial charge on any atom is -0.381 e. The second kappa shape index (κ2) is 12.4. The predicted molar refractivity (Wildman–Crippen MR) is 111 cm³/mol. The topological polar surface area (TPSA) is 75.2 Å². The van der Waals surface area contributed by atoms with Crippen LogP contribution in [0.2, 0.25) is 0 Å². The van der Waals surface area contributed by atoms with E-state index in [0.717, 1.165) is 39.1 Å². The third kappa shape index (κ3) is 8.27. The Hall–Kier alpha value is -2.12. The molecule has 1 aliphatic rings. The van der Waals surface area contributed by atoms with Crippen molar-refractivity contribution in [3.8, 4) is 0 Å². The van der Waals surface area contributed by atoms with Crippen LogP contribution in [0.5, 0.6) is 0 Å². The lowest BCUT2D eigenvalue weighted by Gasteiger charge is -2.17. The molecule has 2 rings (SSSR count). The van der Waals surface area contributed by atoms with Crippen molar-refractivity contribution < 1.29 is 14.3 Å². The van der Waals surface area contributed by atoms with Crippen LogP contribution in [-0.2, 0) is 14.3 Å². The molecule has 1 heterocycles. The summed E-state index contributed by atoms with van der Waals surface area (Å²) in [5.74, 6) is 1.13. The summed E-state index contributed by atoms with van der Waals surface area (Å²) < 4.78 is 11.3. The molecule has 28 heavy (non-hydrogen) atoms. The standard InChI is InChI=1S/C21H34N4O3/c1-17(19-8-5-4-6-9-19)28-12-7-11-22-21(24-15-20(26)25(2)3)23-14-18-10-13-27-16-18/h4-6,8-9,17-18H,7,10-16H2,1-3H3,(H2,22,23,24). The van der Waals surface area contributed by atoms with Gasteiger partial charge in [0.2, 0.25) is 5.91 Å². The Kier molecular flexibility index (Phi) is 9.79. The molecule has 0 radical (unpaired) electrons. The maximum absolute atomic E-state index is 11.8. The maximum Gasteiger partial charge on any atom is 0.243 e. The maximum atomic E-state index is 11.8. The van der Waals surface area contributed by atoms with Gasteiger partial charge in [0.25, 0.3) is 0 Å². The molecule has 1 aliphatic heterocycles. The molecule has 0 aromatic heterocycles. The lowest BCUT2D eigenvalue weighted by atomic mass is 10.1. The van der Waals surface area contributed by atoms with Crippen LogP contribution in [0.3, 0.4) is 0 Å². The minimum atomic E-state index is -0.0229. The van der Waals surface area contributed by atoms with E-state index in [1.165, 1.54) is 5.56 Å². The minimum absolute atomic E-state index is 0.0229. The molecule has 1 amide bonds. The van der Waals surface area contributed by atoms with E-state index in [2.05, 4.69) is 34.7 Å². The van der Waals surface area contributed by atoms with Crippen LogP contribution in [-0.4, -0.2) is 70.3 Å². The molecule has 156 valence electrons. The average molecular weight is 391 g/mol. The molecule has 2 atom stereocenters. The highest BCUT2D eigenvalue weighted by atomic mass is 16.5. The van der Waals surface area contributed by atoms with Crippen molar-refractivity contribution in [1.29, 1.82) is 0 Å². The van der Waals surface area contributed by atoms with Crippen molar-refractivity contribution in [2.24, 2.45) is 10.9 Å². The first-order chi connectivity index (χ1) is 13.6. The summed E-state index contributed by atoms with van der Waals surface area (Å²) in [6, 6.07) is 10.2. The van der Waals surface area contributed by atoms with Crippen molar-refractivity contribution in [2.45, 2.75) is 25.9 Å². The van der Waals surface area contributed by atoms with E-state index < -0.39 is 0 Å². The molecule has 1 fully saturated rings. The van der Waals surface area contributed by atoms with Crippen molar-refractivity contribution in [2.75, 3.05) is 53.6 Å². The largest absolute Gasteiger partial charge is 0.381 e. The summed E-state index contributed by atoms with van der Waals surface area (Å²) in [5.41, 5.74) is 1.18. The van der Waals surface area contributed by atoms with Gasteiger partial charge in [-0.2, -0.15) is 0 Å². The first-order valence-electron chi connectivity index (χ1n) is 10.0. The molecule has 1 aromatic rings. The number of amides is 1. The van der Waals surface area contributed by atoms with Crippen molar-refractivity contribution in [3.63, 3.8) is 0 Å². The molecule has 0 saturated carbocycles. The average Bonchev–Trinajstić information content (AvgIpc) is 3.23. The molecule has 0 bridgehead atoms. The van der Waals surface area contributed by atoms with Crippen LogP contribution in [0.4, 0.5) is 0 Å². The third-order valence-corrected chi connectivity index (χ3v) is 4.70. The Morgan fingerprint density at radius 3 is 2.79 bits per heavy atom. The SMILES string of the molecule is CC(OCCCNC(=NCC(=O)N(C)C)NCC1CCOC1)c1ccccc1. The number of rotatable bonds is 10. The van der Waals surface area contributed by atoms with E-state index in [1.54, 1.807) is 19.0 Å². The monoisotopic (exact) mass is 390 g/mol. The fraction of sp³-hybridized carbons (Fsp3) is 0.619. The van der Waals surface area contributed by atoms with Crippen LogP contribution < -0.4 is 10.6 Å². The van der Waals surface area contributed by atoms with E-state index in [4.69, 9.17) is 9.47 Å². The first kappa shape index (κ1) is 22.2. The van der Waals surface area contributed by atoms with Gasteiger partial charge in [0.1, 0.15) is 6.54 Å². The summed E-state index contributed by atoms with van der Waals surface area (Å²) in [4.78, 5) is 17.8. The fourth-order valence-corrected chi connectivity index (χ4v) is 2.81. The van der Waals surface area contributed by atoms with Gasteiger partial charge in [-0.15, -0.1) is 0 Å². The molecule has 1 saturated heterocycles. The van der Waals surface area contributed by atoms with Crippen LogP contribution in [0.25, 0.3) is 0 Å². The zero-order valence-electron chi connectivity index (χ0n) is 17.3. The van der Waals surface area contributed by atoms with Gasteiger partial charge in [-0.05, 0) is 25.3 Å². The molecule has 7 heteroatoms. The van der Waals surface area contributed by atoms with Gasteiger partial charge in [0, 0.05) is 46.3 Å². The highest BCUT2D eigenvalue weighted by molar-refractivity contribution is 5.84. The number of guanidine groups is 1.